The van der Waals surface area contributed by atoms with Gasteiger partial charge >= 0.3 is 7.12 Å². The average Bonchev–Trinajstić information content (AvgIpc) is 2.74. The Bertz CT molecular complexity index is 521. The van der Waals surface area contributed by atoms with E-state index in [1.165, 1.54) is 0 Å². The predicted molar refractivity (Wildman–Crippen MR) is 78.3 cm³/mol. The highest BCUT2D eigenvalue weighted by Crippen LogP contribution is 2.63. The zero-order chi connectivity index (χ0) is 14.0. The Balaban J connectivity index is 1.96. The van der Waals surface area contributed by atoms with E-state index in [1.54, 1.807) is 0 Å². The molecule has 1 spiro atoms. The summed E-state index contributed by atoms with van der Waals surface area (Å²) in [5, 5.41) is 0. The molecule has 1 aliphatic carbocycles. The van der Waals surface area contributed by atoms with Gasteiger partial charge in [0.15, 0.2) is 0 Å². The molecule has 1 heterocycles. The fourth-order valence-electron chi connectivity index (χ4n) is 3.79. The van der Waals surface area contributed by atoms with Crippen LogP contribution < -0.4 is 11.2 Å². The number of anilines is 1. The highest BCUT2D eigenvalue weighted by atomic mass is 16.7. The van der Waals surface area contributed by atoms with Crippen molar-refractivity contribution < 1.29 is 9.31 Å². The number of hydrogen-bond acceptors (Lipinski definition) is 3. The van der Waals surface area contributed by atoms with Crippen molar-refractivity contribution >= 4 is 18.3 Å². The van der Waals surface area contributed by atoms with Gasteiger partial charge < -0.3 is 15.0 Å². The third-order valence-corrected chi connectivity index (χ3v) is 5.20. The van der Waals surface area contributed by atoms with Gasteiger partial charge in [-0.2, -0.15) is 0 Å². The Morgan fingerprint density at radius 1 is 1.16 bits per heavy atom. The Morgan fingerprint density at radius 2 is 1.79 bits per heavy atom. The third-order valence-electron chi connectivity index (χ3n) is 5.20. The zero-order valence-electron chi connectivity index (χ0n) is 12.4. The van der Waals surface area contributed by atoms with Crippen LogP contribution in [0, 0.1) is 18.8 Å². The van der Waals surface area contributed by atoms with Crippen molar-refractivity contribution in [1.29, 1.82) is 0 Å². The predicted octanol–water partition coefficient (Wildman–Crippen LogP) is 2.12. The summed E-state index contributed by atoms with van der Waals surface area (Å²) < 4.78 is 12.6. The van der Waals surface area contributed by atoms with Crippen LogP contribution in [0.1, 0.15) is 33.3 Å². The average molecular weight is 259 g/mol. The highest BCUT2D eigenvalue weighted by molar-refractivity contribution is 6.62. The summed E-state index contributed by atoms with van der Waals surface area (Å²) in [7, 11) is -0.300. The second-order valence-electron chi connectivity index (χ2n) is 6.56. The van der Waals surface area contributed by atoms with E-state index < -0.39 is 0 Å². The normalized spacial score (nSPS) is 35.9. The van der Waals surface area contributed by atoms with Crippen LogP contribution in [-0.2, 0) is 9.31 Å². The van der Waals surface area contributed by atoms with Gasteiger partial charge in [-0.15, -0.1) is 0 Å². The molecule has 3 atom stereocenters. The molecule has 2 fully saturated rings. The molecule has 19 heavy (non-hydrogen) atoms. The van der Waals surface area contributed by atoms with Gasteiger partial charge in [0, 0.05) is 5.69 Å². The number of aryl methyl sites for hydroxylation is 1. The maximum absolute atomic E-state index is 6.34. The van der Waals surface area contributed by atoms with Crippen LogP contribution in [0.5, 0.6) is 0 Å². The van der Waals surface area contributed by atoms with E-state index in [2.05, 4.69) is 34.6 Å². The summed E-state index contributed by atoms with van der Waals surface area (Å²) >= 11 is 0. The van der Waals surface area contributed by atoms with Crippen LogP contribution in [0.4, 0.5) is 5.69 Å². The van der Waals surface area contributed by atoms with Gasteiger partial charge in [0.1, 0.15) is 0 Å². The van der Waals surface area contributed by atoms with Gasteiger partial charge in [0.2, 0.25) is 0 Å². The van der Waals surface area contributed by atoms with E-state index in [-0.39, 0.29) is 18.3 Å². The number of hydrogen-bond donors (Lipinski definition) is 1. The molecule has 1 aromatic carbocycles. The van der Waals surface area contributed by atoms with Crippen LogP contribution >= 0.6 is 0 Å². The number of nitrogens with two attached hydrogens (primary N) is 1. The molecule has 3 rings (SSSR count). The van der Waals surface area contributed by atoms with Crippen molar-refractivity contribution in [2.75, 3.05) is 5.73 Å². The Labute approximate surface area is 115 Å². The quantitative estimate of drug-likeness (QED) is 0.620. The maximum atomic E-state index is 6.34. The van der Waals surface area contributed by atoms with E-state index in [9.17, 15) is 0 Å². The van der Waals surface area contributed by atoms with Crippen LogP contribution in [0.2, 0.25) is 0 Å². The van der Waals surface area contributed by atoms with Crippen molar-refractivity contribution in [3.63, 3.8) is 0 Å². The summed E-state index contributed by atoms with van der Waals surface area (Å²) in [6.45, 7) is 10.8. The molecular weight excluding hydrogens is 237 g/mol. The minimum atomic E-state index is -0.300. The van der Waals surface area contributed by atoms with Crippen molar-refractivity contribution in [2.45, 2.75) is 45.8 Å². The maximum Gasteiger partial charge on any atom is 0.495 e. The second kappa shape index (κ2) is 3.77. The summed E-state index contributed by atoms with van der Waals surface area (Å²) in [5.41, 5.74) is 8.45. The molecule has 0 bridgehead atoms. The minimum Gasteiger partial charge on any atom is -0.399 e. The fraction of sp³-hybridized carbons (Fsp3) is 0.600. The molecular formula is C15H22BNO2. The van der Waals surface area contributed by atoms with Gasteiger partial charge in [0.05, 0.1) is 11.2 Å². The van der Waals surface area contributed by atoms with Crippen molar-refractivity contribution in [2.24, 2.45) is 11.8 Å². The topological polar surface area (TPSA) is 44.5 Å². The molecule has 1 aromatic rings. The van der Waals surface area contributed by atoms with Crippen LogP contribution in [0.15, 0.2) is 18.2 Å². The minimum absolute atomic E-state index is 0.144. The first-order chi connectivity index (χ1) is 8.79. The lowest BCUT2D eigenvalue weighted by Crippen LogP contribution is -2.38. The first-order valence-corrected chi connectivity index (χ1v) is 7.01. The van der Waals surface area contributed by atoms with E-state index in [1.807, 2.05) is 18.2 Å². The molecule has 2 N–H and O–H groups in total. The molecule has 0 aromatic heterocycles. The van der Waals surface area contributed by atoms with Crippen molar-refractivity contribution in [3.05, 3.63) is 23.8 Å². The van der Waals surface area contributed by atoms with Gasteiger partial charge in [-0.1, -0.05) is 25.5 Å². The summed E-state index contributed by atoms with van der Waals surface area (Å²) in [6, 6.07) is 5.90. The smallest absolute Gasteiger partial charge is 0.399 e. The molecule has 2 unspecified atom stereocenters. The molecule has 102 valence electrons. The van der Waals surface area contributed by atoms with Crippen LogP contribution in [-0.4, -0.2) is 18.3 Å². The SMILES string of the molecule is Cc1ccc(N)cc1B1OC(C)(C)C2(O1)C(C)[C@@H]2C. The Hall–Kier alpha value is -0.995. The second-order valence-corrected chi connectivity index (χ2v) is 6.56. The molecule has 0 radical (unpaired) electrons. The molecule has 0 amide bonds. The summed E-state index contributed by atoms with van der Waals surface area (Å²) in [6.07, 6.45) is 0. The van der Waals surface area contributed by atoms with Gasteiger partial charge in [-0.3, -0.25) is 0 Å². The summed E-state index contributed by atoms with van der Waals surface area (Å²) in [4.78, 5) is 0. The zero-order valence-corrected chi connectivity index (χ0v) is 12.4. The molecule has 1 aliphatic heterocycles. The van der Waals surface area contributed by atoms with Gasteiger partial charge in [-0.05, 0) is 50.2 Å². The molecule has 1 saturated carbocycles. The Kier molecular flexibility index (Phi) is 2.58. The van der Waals surface area contributed by atoms with Crippen molar-refractivity contribution in [1.82, 2.24) is 0 Å². The summed E-state index contributed by atoms with van der Waals surface area (Å²) in [5.74, 6) is 1.07. The standard InChI is InChI=1S/C15H22BNO2/c1-9-6-7-12(17)8-13(9)16-18-14(4,5)15(19-16)10(2)11(15)3/h6-8,10-11H,17H2,1-5H3/t10-,11?,15?/m0/s1. The fourth-order valence-corrected chi connectivity index (χ4v) is 3.79. The number of benzene rings is 1. The van der Waals surface area contributed by atoms with E-state index >= 15 is 0 Å². The first kappa shape index (κ1) is 13.0. The van der Waals surface area contributed by atoms with Gasteiger partial charge in [-0.25, -0.2) is 0 Å². The molecule has 4 heteroatoms. The largest absolute Gasteiger partial charge is 0.495 e. The molecule has 2 aliphatic rings. The lowest BCUT2D eigenvalue weighted by atomic mass is 9.76. The Morgan fingerprint density at radius 3 is 2.32 bits per heavy atom. The van der Waals surface area contributed by atoms with Gasteiger partial charge in [0.25, 0.3) is 0 Å². The van der Waals surface area contributed by atoms with Crippen LogP contribution in [0.25, 0.3) is 0 Å². The third kappa shape index (κ3) is 1.59. The van der Waals surface area contributed by atoms with Crippen LogP contribution in [0.3, 0.4) is 0 Å². The highest BCUT2D eigenvalue weighted by Gasteiger charge is 2.74. The monoisotopic (exact) mass is 259 g/mol. The van der Waals surface area contributed by atoms with E-state index in [0.717, 1.165) is 16.7 Å². The molecule has 3 nitrogen and oxygen atoms in total. The first-order valence-electron chi connectivity index (χ1n) is 7.01. The lowest BCUT2D eigenvalue weighted by molar-refractivity contribution is 0.0365. The molecule has 1 saturated heterocycles. The lowest BCUT2D eigenvalue weighted by Gasteiger charge is -2.26. The number of rotatable bonds is 1. The van der Waals surface area contributed by atoms with Crippen molar-refractivity contribution in [3.8, 4) is 0 Å². The van der Waals surface area contributed by atoms with E-state index in [0.29, 0.717) is 11.8 Å². The number of nitrogen functional groups attached to an aromatic ring is 1. The van der Waals surface area contributed by atoms with E-state index in [4.69, 9.17) is 15.0 Å².